The number of rotatable bonds is 5. The van der Waals surface area contributed by atoms with Gasteiger partial charge in [0.15, 0.2) is 11.5 Å². The maximum Gasteiger partial charge on any atom is 0.238 e. The number of nitrogens with one attached hydrogen (secondary N) is 1. The molecule has 6 nitrogen and oxygen atoms in total. The van der Waals surface area contributed by atoms with Crippen molar-refractivity contribution in [2.45, 2.75) is 25.8 Å². The van der Waals surface area contributed by atoms with E-state index in [4.69, 9.17) is 14.2 Å². The van der Waals surface area contributed by atoms with E-state index in [0.717, 1.165) is 36.4 Å². The van der Waals surface area contributed by atoms with Crippen LogP contribution in [0.3, 0.4) is 0 Å². The summed E-state index contributed by atoms with van der Waals surface area (Å²) in [4.78, 5) is 14.9. The molecule has 1 N–H and O–H groups in total. The Hall–Kier alpha value is -2.73. The van der Waals surface area contributed by atoms with E-state index in [1.807, 2.05) is 31.2 Å². The number of carbonyl (C=O) groups excluding carboxylic acids is 1. The Bertz CT molecular complexity index is 868. The molecule has 0 unspecified atom stereocenters. The second kappa shape index (κ2) is 8.10. The molecular weight excluding hydrogens is 356 g/mol. The lowest BCUT2D eigenvalue weighted by Gasteiger charge is -2.26. The number of anilines is 1. The van der Waals surface area contributed by atoms with Crippen LogP contribution < -0.4 is 19.5 Å². The number of likely N-dealkylation sites (tertiary alicyclic amines) is 1. The van der Waals surface area contributed by atoms with Crippen LogP contribution in [-0.2, 0) is 4.79 Å². The van der Waals surface area contributed by atoms with Crippen LogP contribution in [-0.4, -0.2) is 44.2 Å². The molecule has 0 saturated carbocycles. The van der Waals surface area contributed by atoms with Gasteiger partial charge in [0.05, 0.1) is 19.3 Å². The Labute approximate surface area is 165 Å². The average Bonchev–Trinajstić information content (AvgIpc) is 3.15. The summed E-state index contributed by atoms with van der Waals surface area (Å²) < 4.78 is 16.7. The Balaban J connectivity index is 1.45. The monoisotopic (exact) mass is 382 g/mol. The predicted molar refractivity (Wildman–Crippen MR) is 107 cm³/mol. The molecule has 28 heavy (non-hydrogen) atoms. The molecule has 6 heteroatoms. The van der Waals surface area contributed by atoms with Crippen molar-refractivity contribution in [3.63, 3.8) is 0 Å². The van der Waals surface area contributed by atoms with Gasteiger partial charge in [0.1, 0.15) is 19.0 Å². The molecule has 2 aliphatic rings. The number of hydrogen-bond acceptors (Lipinski definition) is 5. The topological polar surface area (TPSA) is 60.0 Å². The van der Waals surface area contributed by atoms with Crippen LogP contribution in [0.5, 0.6) is 17.2 Å². The fourth-order valence-corrected chi connectivity index (χ4v) is 3.95. The standard InChI is InChI=1S/C22H26N2O4/c1-15-5-7-19(26-2)17(12-15)23-22(25)14-24-9-3-4-18(24)16-6-8-20-21(13-16)28-11-10-27-20/h5-8,12-13,18H,3-4,9-11,14H2,1-2H3,(H,23,25)/t18-/m1/s1. The molecule has 2 aromatic carbocycles. The summed E-state index contributed by atoms with van der Waals surface area (Å²) in [5.74, 6) is 2.23. The van der Waals surface area contributed by atoms with E-state index >= 15 is 0 Å². The molecule has 2 aromatic rings. The van der Waals surface area contributed by atoms with E-state index in [1.165, 1.54) is 5.56 Å². The normalized spacial score (nSPS) is 18.7. The highest BCUT2D eigenvalue weighted by molar-refractivity contribution is 5.93. The van der Waals surface area contributed by atoms with Gasteiger partial charge in [-0.25, -0.2) is 0 Å². The molecule has 4 rings (SSSR count). The zero-order valence-electron chi connectivity index (χ0n) is 16.4. The van der Waals surface area contributed by atoms with Crippen LogP contribution in [0, 0.1) is 6.92 Å². The summed E-state index contributed by atoms with van der Waals surface area (Å²) >= 11 is 0. The first-order valence-corrected chi connectivity index (χ1v) is 9.72. The third kappa shape index (κ3) is 3.92. The van der Waals surface area contributed by atoms with Crippen molar-refractivity contribution in [3.05, 3.63) is 47.5 Å². The van der Waals surface area contributed by atoms with Crippen molar-refractivity contribution < 1.29 is 19.0 Å². The molecule has 2 heterocycles. The summed E-state index contributed by atoms with van der Waals surface area (Å²) in [7, 11) is 1.61. The van der Waals surface area contributed by atoms with Gasteiger partial charge in [0.2, 0.25) is 5.91 Å². The lowest BCUT2D eigenvalue weighted by Crippen LogP contribution is -2.33. The largest absolute Gasteiger partial charge is 0.495 e. The van der Waals surface area contributed by atoms with Crippen LogP contribution in [0.1, 0.15) is 30.0 Å². The zero-order valence-corrected chi connectivity index (χ0v) is 16.4. The molecular formula is C22H26N2O4. The number of amides is 1. The van der Waals surface area contributed by atoms with Gasteiger partial charge >= 0.3 is 0 Å². The van der Waals surface area contributed by atoms with Crippen LogP contribution in [0.4, 0.5) is 5.69 Å². The number of methoxy groups -OCH3 is 1. The summed E-state index contributed by atoms with van der Waals surface area (Å²) in [6, 6.07) is 12.1. The fourth-order valence-electron chi connectivity index (χ4n) is 3.95. The minimum absolute atomic E-state index is 0.0339. The Morgan fingerprint density at radius 2 is 2.00 bits per heavy atom. The maximum absolute atomic E-state index is 12.7. The van der Waals surface area contributed by atoms with Gasteiger partial charge in [-0.1, -0.05) is 12.1 Å². The molecule has 1 amide bonds. The molecule has 2 aliphatic heterocycles. The van der Waals surface area contributed by atoms with E-state index in [0.29, 0.717) is 31.2 Å². The molecule has 0 aliphatic carbocycles. The molecule has 1 atom stereocenters. The van der Waals surface area contributed by atoms with Crippen molar-refractivity contribution >= 4 is 11.6 Å². The third-order valence-electron chi connectivity index (χ3n) is 5.29. The van der Waals surface area contributed by atoms with E-state index in [9.17, 15) is 4.79 Å². The van der Waals surface area contributed by atoms with Crippen molar-refractivity contribution in [3.8, 4) is 17.2 Å². The first kappa shape index (κ1) is 18.6. The Morgan fingerprint density at radius 3 is 2.82 bits per heavy atom. The number of benzene rings is 2. The molecule has 0 spiro atoms. The number of aryl methyl sites for hydroxylation is 1. The van der Waals surface area contributed by atoms with Gasteiger partial charge < -0.3 is 19.5 Å². The molecule has 1 saturated heterocycles. The first-order chi connectivity index (χ1) is 13.6. The summed E-state index contributed by atoms with van der Waals surface area (Å²) in [6.07, 6.45) is 2.10. The van der Waals surface area contributed by atoms with Crippen molar-refractivity contribution in [2.75, 3.05) is 38.7 Å². The summed E-state index contributed by atoms with van der Waals surface area (Å²) in [5, 5.41) is 3.00. The smallest absolute Gasteiger partial charge is 0.238 e. The number of ether oxygens (including phenoxy) is 3. The Morgan fingerprint density at radius 1 is 1.18 bits per heavy atom. The lowest BCUT2D eigenvalue weighted by atomic mass is 10.0. The zero-order chi connectivity index (χ0) is 19.5. The van der Waals surface area contributed by atoms with E-state index in [1.54, 1.807) is 7.11 Å². The van der Waals surface area contributed by atoms with Crippen LogP contribution in [0.2, 0.25) is 0 Å². The minimum Gasteiger partial charge on any atom is -0.495 e. The van der Waals surface area contributed by atoms with E-state index in [2.05, 4.69) is 22.3 Å². The van der Waals surface area contributed by atoms with Gasteiger partial charge in [0.25, 0.3) is 0 Å². The number of nitrogens with zero attached hydrogens (tertiary/aromatic N) is 1. The molecule has 148 valence electrons. The van der Waals surface area contributed by atoms with Crippen LogP contribution >= 0.6 is 0 Å². The second-order valence-corrected chi connectivity index (χ2v) is 7.28. The van der Waals surface area contributed by atoms with Gasteiger partial charge in [-0.05, 0) is 61.7 Å². The van der Waals surface area contributed by atoms with Gasteiger partial charge in [-0.3, -0.25) is 9.69 Å². The summed E-state index contributed by atoms with van der Waals surface area (Å²) in [6.45, 7) is 4.40. The summed E-state index contributed by atoms with van der Waals surface area (Å²) in [5.41, 5.74) is 2.96. The highest BCUT2D eigenvalue weighted by Gasteiger charge is 2.29. The van der Waals surface area contributed by atoms with Crippen molar-refractivity contribution in [1.82, 2.24) is 4.90 Å². The van der Waals surface area contributed by atoms with E-state index < -0.39 is 0 Å². The number of hydrogen-bond donors (Lipinski definition) is 1. The third-order valence-corrected chi connectivity index (χ3v) is 5.29. The average molecular weight is 382 g/mol. The molecule has 0 bridgehead atoms. The minimum atomic E-state index is -0.0339. The lowest BCUT2D eigenvalue weighted by molar-refractivity contribution is -0.117. The molecule has 0 aromatic heterocycles. The highest BCUT2D eigenvalue weighted by Crippen LogP contribution is 2.38. The SMILES string of the molecule is COc1ccc(C)cc1NC(=O)CN1CCC[C@@H]1c1ccc2c(c1)OCCO2. The van der Waals surface area contributed by atoms with Gasteiger partial charge in [-0.2, -0.15) is 0 Å². The predicted octanol–water partition coefficient (Wildman–Crippen LogP) is 3.55. The van der Waals surface area contributed by atoms with E-state index in [-0.39, 0.29) is 11.9 Å². The van der Waals surface area contributed by atoms with Crippen molar-refractivity contribution in [2.24, 2.45) is 0 Å². The first-order valence-electron chi connectivity index (χ1n) is 9.72. The number of carbonyl (C=O) groups is 1. The van der Waals surface area contributed by atoms with Crippen LogP contribution in [0.25, 0.3) is 0 Å². The maximum atomic E-state index is 12.7. The molecule has 0 radical (unpaired) electrons. The second-order valence-electron chi connectivity index (χ2n) is 7.28. The van der Waals surface area contributed by atoms with Crippen molar-refractivity contribution in [1.29, 1.82) is 0 Å². The van der Waals surface area contributed by atoms with Crippen LogP contribution in [0.15, 0.2) is 36.4 Å². The number of fused-ring (bicyclic) bond motifs is 1. The van der Waals surface area contributed by atoms with Gasteiger partial charge in [0, 0.05) is 6.04 Å². The Kier molecular flexibility index (Phi) is 5.39. The highest BCUT2D eigenvalue weighted by atomic mass is 16.6. The van der Waals surface area contributed by atoms with Gasteiger partial charge in [-0.15, -0.1) is 0 Å². The molecule has 1 fully saturated rings. The fraction of sp³-hybridized carbons (Fsp3) is 0.409. The quantitative estimate of drug-likeness (QED) is 0.857.